The van der Waals surface area contributed by atoms with Crippen molar-refractivity contribution in [1.82, 2.24) is 9.55 Å². The lowest BCUT2D eigenvalue weighted by atomic mass is 10.2. The summed E-state index contributed by atoms with van der Waals surface area (Å²) in [5, 5.41) is 0. The van der Waals surface area contributed by atoms with Gasteiger partial charge in [-0.1, -0.05) is 0 Å². The van der Waals surface area contributed by atoms with Crippen molar-refractivity contribution in [2.45, 2.75) is 37.4 Å². The third-order valence-electron chi connectivity index (χ3n) is 3.68. The van der Waals surface area contributed by atoms with Gasteiger partial charge >= 0.3 is 6.18 Å². The highest BCUT2D eigenvalue weighted by Gasteiger charge is 2.42. The van der Waals surface area contributed by atoms with E-state index >= 15 is 0 Å². The van der Waals surface area contributed by atoms with Crippen LogP contribution >= 0.6 is 11.6 Å². The minimum atomic E-state index is -4.34. The largest absolute Gasteiger partial charge is 0.416 e. The molecular weight excluding hydrogens is 277 g/mol. The van der Waals surface area contributed by atoms with E-state index in [9.17, 15) is 13.2 Å². The summed E-state index contributed by atoms with van der Waals surface area (Å²) in [4.78, 5) is 4.24. The van der Waals surface area contributed by atoms with Crippen molar-refractivity contribution in [2.75, 3.05) is 0 Å². The number of imidazole rings is 1. The molecule has 19 heavy (non-hydrogen) atoms. The van der Waals surface area contributed by atoms with Gasteiger partial charge in [-0.25, -0.2) is 4.98 Å². The minimum absolute atomic E-state index is 0.0429. The zero-order chi connectivity index (χ0) is 13.8. The van der Waals surface area contributed by atoms with E-state index in [0.29, 0.717) is 11.3 Å². The smallest absolute Gasteiger partial charge is 0.321 e. The number of alkyl halides is 4. The first-order valence-electron chi connectivity index (χ1n) is 6.00. The summed E-state index contributed by atoms with van der Waals surface area (Å²) in [6, 6.07) is 3.68. The second kappa shape index (κ2) is 3.88. The summed E-state index contributed by atoms with van der Waals surface area (Å²) in [6.45, 7) is 2.07. The van der Waals surface area contributed by atoms with Gasteiger partial charge in [-0.15, -0.1) is 11.6 Å². The fraction of sp³-hybridized carbons (Fsp3) is 0.462. The number of hydrogen-bond acceptors (Lipinski definition) is 1. The lowest BCUT2D eigenvalue weighted by Crippen LogP contribution is -2.15. The van der Waals surface area contributed by atoms with Gasteiger partial charge in [0.2, 0.25) is 0 Å². The summed E-state index contributed by atoms with van der Waals surface area (Å²) in [6.07, 6.45) is -2.34. The van der Waals surface area contributed by atoms with Crippen LogP contribution in [0.15, 0.2) is 18.2 Å². The fourth-order valence-corrected chi connectivity index (χ4v) is 2.58. The SMILES string of the molecule is CC1(n2c(CCl)nc3cc(C(F)(F)F)ccc32)CC1. The van der Waals surface area contributed by atoms with Gasteiger partial charge in [0.05, 0.1) is 22.5 Å². The Morgan fingerprint density at radius 2 is 2.05 bits per heavy atom. The van der Waals surface area contributed by atoms with Gasteiger partial charge in [0.25, 0.3) is 0 Å². The van der Waals surface area contributed by atoms with Crippen molar-refractivity contribution in [3.63, 3.8) is 0 Å². The number of benzene rings is 1. The van der Waals surface area contributed by atoms with Gasteiger partial charge in [-0.3, -0.25) is 0 Å². The van der Waals surface area contributed by atoms with E-state index in [1.165, 1.54) is 6.07 Å². The van der Waals surface area contributed by atoms with Crippen LogP contribution in [0, 0.1) is 0 Å². The molecule has 1 aliphatic carbocycles. The third-order valence-corrected chi connectivity index (χ3v) is 3.92. The molecule has 1 heterocycles. The molecule has 102 valence electrons. The molecule has 0 radical (unpaired) electrons. The van der Waals surface area contributed by atoms with E-state index in [4.69, 9.17) is 11.6 Å². The average Bonchev–Trinajstić information content (AvgIpc) is 2.96. The Bertz CT molecular complexity index is 641. The van der Waals surface area contributed by atoms with E-state index in [1.807, 2.05) is 4.57 Å². The van der Waals surface area contributed by atoms with Crippen LogP contribution in [0.5, 0.6) is 0 Å². The van der Waals surface area contributed by atoms with Crippen molar-refractivity contribution in [2.24, 2.45) is 0 Å². The van der Waals surface area contributed by atoms with Crippen LogP contribution in [0.2, 0.25) is 0 Å². The zero-order valence-electron chi connectivity index (χ0n) is 10.3. The Morgan fingerprint density at radius 1 is 1.37 bits per heavy atom. The molecule has 1 aromatic carbocycles. The second-order valence-corrected chi connectivity index (χ2v) is 5.46. The number of nitrogens with zero attached hydrogens (tertiary/aromatic N) is 2. The molecule has 3 rings (SSSR count). The van der Waals surface area contributed by atoms with Crippen molar-refractivity contribution in [3.05, 3.63) is 29.6 Å². The van der Waals surface area contributed by atoms with Gasteiger partial charge in [-0.2, -0.15) is 13.2 Å². The third kappa shape index (κ3) is 2.00. The maximum Gasteiger partial charge on any atom is 0.416 e. The standard InChI is InChI=1S/C13H12ClF3N2/c1-12(4-5-12)19-10-3-2-8(13(15,16)17)6-9(10)18-11(19)7-14/h2-3,6H,4-5,7H2,1H3. The highest BCUT2D eigenvalue weighted by Crippen LogP contribution is 2.46. The Balaban J connectivity index is 2.22. The molecule has 2 aromatic rings. The average molecular weight is 289 g/mol. The molecule has 0 amide bonds. The lowest BCUT2D eigenvalue weighted by Gasteiger charge is -2.15. The number of rotatable bonds is 2. The molecule has 0 saturated heterocycles. The predicted octanol–water partition coefficient (Wildman–Crippen LogP) is 4.30. The molecule has 1 aromatic heterocycles. The first-order chi connectivity index (χ1) is 8.85. The Hall–Kier alpha value is -1.23. The monoisotopic (exact) mass is 288 g/mol. The van der Waals surface area contributed by atoms with E-state index in [1.54, 1.807) is 0 Å². The first kappa shape index (κ1) is 12.8. The van der Waals surface area contributed by atoms with E-state index < -0.39 is 11.7 Å². The van der Waals surface area contributed by atoms with Crippen LogP contribution in [-0.2, 0) is 17.6 Å². The summed E-state index contributed by atoms with van der Waals surface area (Å²) in [5.74, 6) is 0.835. The van der Waals surface area contributed by atoms with Crippen LogP contribution in [0.1, 0.15) is 31.2 Å². The van der Waals surface area contributed by atoms with Crippen LogP contribution in [0.25, 0.3) is 11.0 Å². The number of fused-ring (bicyclic) bond motifs is 1. The summed E-state index contributed by atoms with van der Waals surface area (Å²) in [5.41, 5.74) is 0.368. The van der Waals surface area contributed by atoms with Crippen LogP contribution in [-0.4, -0.2) is 9.55 Å². The minimum Gasteiger partial charge on any atom is -0.321 e. The predicted molar refractivity (Wildman–Crippen MR) is 67.2 cm³/mol. The van der Waals surface area contributed by atoms with E-state index in [2.05, 4.69) is 11.9 Å². The van der Waals surface area contributed by atoms with Crippen molar-refractivity contribution < 1.29 is 13.2 Å². The molecule has 0 atom stereocenters. The quantitative estimate of drug-likeness (QED) is 0.753. The number of aromatic nitrogens is 2. The summed E-state index contributed by atoms with van der Waals surface area (Å²) >= 11 is 5.86. The topological polar surface area (TPSA) is 17.8 Å². The fourth-order valence-electron chi connectivity index (χ4n) is 2.40. The number of halogens is 4. The Kier molecular flexibility index (Phi) is 2.61. The number of hydrogen-bond donors (Lipinski definition) is 0. The van der Waals surface area contributed by atoms with Crippen molar-refractivity contribution >= 4 is 22.6 Å². The second-order valence-electron chi connectivity index (χ2n) is 5.20. The van der Waals surface area contributed by atoms with Gasteiger partial charge in [0.15, 0.2) is 0 Å². The van der Waals surface area contributed by atoms with Gasteiger partial charge in [0, 0.05) is 5.54 Å². The molecule has 0 aliphatic heterocycles. The Labute approximate surface area is 113 Å². The molecule has 0 bridgehead atoms. The van der Waals surface area contributed by atoms with Crippen LogP contribution in [0.4, 0.5) is 13.2 Å². The highest BCUT2D eigenvalue weighted by atomic mass is 35.5. The highest BCUT2D eigenvalue weighted by molar-refractivity contribution is 6.16. The molecule has 0 unspecified atom stereocenters. The molecule has 1 fully saturated rings. The van der Waals surface area contributed by atoms with Crippen molar-refractivity contribution in [3.8, 4) is 0 Å². The van der Waals surface area contributed by atoms with Crippen LogP contribution in [0.3, 0.4) is 0 Å². The Morgan fingerprint density at radius 3 is 2.58 bits per heavy atom. The van der Waals surface area contributed by atoms with Gasteiger partial charge in [-0.05, 0) is 38.0 Å². The first-order valence-corrected chi connectivity index (χ1v) is 6.54. The molecule has 1 aliphatic rings. The molecule has 0 N–H and O–H groups in total. The normalized spacial score (nSPS) is 17.9. The molecule has 0 spiro atoms. The van der Waals surface area contributed by atoms with E-state index in [-0.39, 0.29) is 11.4 Å². The summed E-state index contributed by atoms with van der Waals surface area (Å²) in [7, 11) is 0. The molecular formula is C13H12ClF3N2. The lowest BCUT2D eigenvalue weighted by molar-refractivity contribution is -0.137. The molecule has 1 saturated carbocycles. The van der Waals surface area contributed by atoms with Gasteiger partial charge in [0.1, 0.15) is 5.82 Å². The zero-order valence-corrected chi connectivity index (χ0v) is 11.0. The van der Waals surface area contributed by atoms with Crippen molar-refractivity contribution in [1.29, 1.82) is 0 Å². The molecule has 2 nitrogen and oxygen atoms in total. The van der Waals surface area contributed by atoms with Gasteiger partial charge < -0.3 is 4.57 Å². The maximum absolute atomic E-state index is 12.7. The maximum atomic E-state index is 12.7. The summed E-state index contributed by atoms with van der Waals surface area (Å²) < 4.78 is 40.1. The van der Waals surface area contributed by atoms with E-state index in [0.717, 1.165) is 30.5 Å². The van der Waals surface area contributed by atoms with Crippen LogP contribution < -0.4 is 0 Å². The molecule has 6 heteroatoms.